The molecule has 3 nitrogen and oxygen atoms in total. The number of benzene rings is 1. The molecule has 1 aromatic rings. The molecule has 1 rings (SSSR count). The fourth-order valence-electron chi connectivity index (χ4n) is 4.47. The van der Waals surface area contributed by atoms with E-state index in [9.17, 15) is 4.79 Å². The highest BCUT2D eigenvalue weighted by atomic mass is 16.5. The zero-order valence-electron chi connectivity index (χ0n) is 22.6. The molecule has 0 fully saturated rings. The summed E-state index contributed by atoms with van der Waals surface area (Å²) in [7, 11) is 0. The quantitative estimate of drug-likeness (QED) is 0.182. The number of ketones is 1. The van der Waals surface area contributed by atoms with Crippen LogP contribution in [0.4, 0.5) is 0 Å². The summed E-state index contributed by atoms with van der Waals surface area (Å²) >= 11 is 0. The summed E-state index contributed by atoms with van der Waals surface area (Å²) in [5.41, 5.74) is 0.110. The maximum atomic E-state index is 12.8. The molecule has 0 bridgehead atoms. The van der Waals surface area contributed by atoms with E-state index in [0.29, 0.717) is 13.0 Å². The second-order valence-electron chi connectivity index (χ2n) is 10.9. The molecule has 0 radical (unpaired) electrons. The number of Topliss-reactive ketones (excluding diaryl/α,β-unsaturated/α-hetero) is 1. The summed E-state index contributed by atoms with van der Waals surface area (Å²) in [5.74, 6) is 0.216. The van der Waals surface area contributed by atoms with Gasteiger partial charge in [-0.2, -0.15) is 0 Å². The second-order valence-corrected chi connectivity index (χ2v) is 10.9. The molecule has 190 valence electrons. The van der Waals surface area contributed by atoms with Crippen molar-refractivity contribution < 1.29 is 14.3 Å². The summed E-state index contributed by atoms with van der Waals surface area (Å²) in [5, 5.41) is 0. The first kappa shape index (κ1) is 29.8. The minimum Gasteiger partial charge on any atom is -0.371 e. The molecule has 0 aliphatic heterocycles. The summed E-state index contributed by atoms with van der Waals surface area (Å²) in [6.07, 6.45) is 15.6. The third-order valence-corrected chi connectivity index (χ3v) is 6.43. The van der Waals surface area contributed by atoms with Crippen LogP contribution in [0.2, 0.25) is 0 Å². The standard InChI is InChI=1S/C30H52O3/c1-7-8-9-10-11-12-13-14-15-16-20-23-28(31)30(5,6)33-26(2)24-29(3,4)32-25-27-21-18-17-19-22-27/h17-19,21-22,26H,7-16,20,23-25H2,1-6H3. The van der Waals surface area contributed by atoms with Gasteiger partial charge in [-0.1, -0.05) is 101 Å². The Kier molecular flexibility index (Phi) is 14.9. The van der Waals surface area contributed by atoms with Crippen LogP contribution in [0.3, 0.4) is 0 Å². The lowest BCUT2D eigenvalue weighted by molar-refractivity contribution is -0.152. The van der Waals surface area contributed by atoms with Gasteiger partial charge in [0.15, 0.2) is 5.78 Å². The first-order chi connectivity index (χ1) is 15.7. The average Bonchev–Trinajstić information content (AvgIpc) is 2.76. The summed E-state index contributed by atoms with van der Waals surface area (Å²) in [6.45, 7) is 12.9. The van der Waals surface area contributed by atoms with Crippen LogP contribution < -0.4 is 0 Å². The van der Waals surface area contributed by atoms with Crippen molar-refractivity contribution in [1.82, 2.24) is 0 Å². The number of unbranched alkanes of at least 4 members (excludes halogenated alkanes) is 10. The van der Waals surface area contributed by atoms with Crippen molar-refractivity contribution in [2.24, 2.45) is 0 Å². The van der Waals surface area contributed by atoms with Gasteiger partial charge in [-0.25, -0.2) is 0 Å². The van der Waals surface area contributed by atoms with Crippen molar-refractivity contribution in [2.75, 3.05) is 0 Å². The van der Waals surface area contributed by atoms with Gasteiger partial charge in [0, 0.05) is 12.8 Å². The Morgan fingerprint density at radius 3 is 1.88 bits per heavy atom. The largest absolute Gasteiger partial charge is 0.371 e. The van der Waals surface area contributed by atoms with Crippen LogP contribution in [-0.2, 0) is 20.9 Å². The van der Waals surface area contributed by atoms with E-state index in [0.717, 1.165) is 19.3 Å². The predicted molar refractivity (Wildman–Crippen MR) is 141 cm³/mol. The lowest BCUT2D eigenvalue weighted by Crippen LogP contribution is -2.40. The molecule has 1 aromatic carbocycles. The number of carbonyl (C=O) groups excluding carboxylic acids is 1. The van der Waals surface area contributed by atoms with Crippen molar-refractivity contribution in [2.45, 2.75) is 149 Å². The van der Waals surface area contributed by atoms with E-state index in [-0.39, 0.29) is 17.5 Å². The van der Waals surface area contributed by atoms with Crippen molar-refractivity contribution in [1.29, 1.82) is 0 Å². The van der Waals surface area contributed by atoms with E-state index >= 15 is 0 Å². The van der Waals surface area contributed by atoms with Crippen LogP contribution in [0.1, 0.15) is 131 Å². The van der Waals surface area contributed by atoms with E-state index in [4.69, 9.17) is 9.47 Å². The molecule has 0 amide bonds. The van der Waals surface area contributed by atoms with Crippen molar-refractivity contribution in [3.05, 3.63) is 35.9 Å². The fourth-order valence-corrected chi connectivity index (χ4v) is 4.47. The molecule has 0 spiro atoms. The Balaban J connectivity index is 2.20. The number of carbonyl (C=O) groups is 1. The molecule has 1 atom stereocenters. The van der Waals surface area contributed by atoms with Gasteiger partial charge < -0.3 is 9.47 Å². The number of ether oxygens (including phenoxy) is 2. The minimum atomic E-state index is -0.743. The minimum absolute atomic E-state index is 0.0490. The molecule has 0 saturated heterocycles. The van der Waals surface area contributed by atoms with Crippen molar-refractivity contribution in [3.63, 3.8) is 0 Å². The SMILES string of the molecule is CCCCCCCCCCCCCC(=O)C(C)(C)OC(C)CC(C)(C)OCc1ccccc1. The Morgan fingerprint density at radius 1 is 0.818 bits per heavy atom. The third kappa shape index (κ3) is 14.6. The van der Waals surface area contributed by atoms with Gasteiger partial charge in [0.2, 0.25) is 0 Å². The molecule has 0 aliphatic carbocycles. The second kappa shape index (κ2) is 16.4. The molecule has 33 heavy (non-hydrogen) atoms. The van der Waals surface area contributed by atoms with E-state index in [1.807, 2.05) is 39.0 Å². The van der Waals surface area contributed by atoms with Crippen LogP contribution in [0.5, 0.6) is 0 Å². The zero-order valence-corrected chi connectivity index (χ0v) is 22.6. The molecule has 0 aromatic heterocycles. The monoisotopic (exact) mass is 460 g/mol. The number of hydrogen-bond donors (Lipinski definition) is 0. The van der Waals surface area contributed by atoms with Gasteiger partial charge in [0.25, 0.3) is 0 Å². The van der Waals surface area contributed by atoms with Gasteiger partial charge in [0.05, 0.1) is 18.3 Å². The highest BCUT2D eigenvalue weighted by Crippen LogP contribution is 2.25. The van der Waals surface area contributed by atoms with E-state index < -0.39 is 5.60 Å². The lowest BCUT2D eigenvalue weighted by atomic mass is 9.95. The van der Waals surface area contributed by atoms with Gasteiger partial charge in [-0.05, 0) is 46.6 Å². The molecule has 3 heteroatoms. The van der Waals surface area contributed by atoms with Gasteiger partial charge >= 0.3 is 0 Å². The van der Waals surface area contributed by atoms with Crippen LogP contribution >= 0.6 is 0 Å². The molecule has 0 aliphatic rings. The molecular formula is C30H52O3. The highest BCUT2D eigenvalue weighted by molar-refractivity contribution is 5.86. The van der Waals surface area contributed by atoms with Crippen molar-refractivity contribution >= 4 is 5.78 Å². The Bertz CT molecular complexity index is 621. The Labute approximate surface area is 205 Å². The topological polar surface area (TPSA) is 35.5 Å². The maximum Gasteiger partial charge on any atom is 0.164 e. The van der Waals surface area contributed by atoms with Crippen LogP contribution in [0.25, 0.3) is 0 Å². The average molecular weight is 461 g/mol. The highest BCUT2D eigenvalue weighted by Gasteiger charge is 2.32. The lowest BCUT2D eigenvalue weighted by Gasteiger charge is -2.33. The van der Waals surface area contributed by atoms with E-state index in [2.05, 4.69) is 32.9 Å². The van der Waals surface area contributed by atoms with Gasteiger partial charge in [0.1, 0.15) is 5.60 Å². The maximum absolute atomic E-state index is 12.8. The summed E-state index contributed by atoms with van der Waals surface area (Å²) < 4.78 is 12.3. The fraction of sp³-hybridized carbons (Fsp3) is 0.767. The van der Waals surface area contributed by atoms with Crippen LogP contribution in [0.15, 0.2) is 30.3 Å². The van der Waals surface area contributed by atoms with Gasteiger partial charge in [-0.3, -0.25) is 4.79 Å². The first-order valence-electron chi connectivity index (χ1n) is 13.6. The van der Waals surface area contributed by atoms with Crippen molar-refractivity contribution in [3.8, 4) is 0 Å². The van der Waals surface area contributed by atoms with Crippen LogP contribution in [0, 0.1) is 0 Å². The number of hydrogen-bond acceptors (Lipinski definition) is 3. The Morgan fingerprint density at radius 2 is 1.33 bits per heavy atom. The molecule has 1 unspecified atom stereocenters. The molecule has 0 N–H and O–H groups in total. The molecular weight excluding hydrogens is 408 g/mol. The van der Waals surface area contributed by atoms with Gasteiger partial charge in [-0.15, -0.1) is 0 Å². The molecule has 0 heterocycles. The smallest absolute Gasteiger partial charge is 0.164 e. The molecule has 0 saturated carbocycles. The predicted octanol–water partition coefficient (Wildman–Crippen LogP) is 8.83. The van der Waals surface area contributed by atoms with E-state index in [1.54, 1.807) is 0 Å². The third-order valence-electron chi connectivity index (χ3n) is 6.43. The van der Waals surface area contributed by atoms with Crippen LogP contribution in [-0.4, -0.2) is 23.1 Å². The summed E-state index contributed by atoms with van der Waals surface area (Å²) in [6, 6.07) is 10.2. The summed E-state index contributed by atoms with van der Waals surface area (Å²) in [4.78, 5) is 12.8. The first-order valence-corrected chi connectivity index (χ1v) is 13.6. The number of rotatable bonds is 20. The zero-order chi connectivity index (χ0) is 24.6. The normalized spacial score (nSPS) is 13.3. The van der Waals surface area contributed by atoms with E-state index in [1.165, 1.54) is 63.4 Å². The Hall–Kier alpha value is -1.19.